The van der Waals surface area contributed by atoms with Crippen LogP contribution in [0.2, 0.25) is 0 Å². The van der Waals surface area contributed by atoms with Crippen molar-refractivity contribution >= 4 is 11.7 Å². The molecule has 0 aliphatic rings. The smallest absolute Gasteiger partial charge is 0.251 e. The van der Waals surface area contributed by atoms with Crippen molar-refractivity contribution in [2.24, 2.45) is 0 Å². The van der Waals surface area contributed by atoms with E-state index in [1.165, 1.54) is 6.07 Å². The highest BCUT2D eigenvalue weighted by Gasteiger charge is 2.11. The van der Waals surface area contributed by atoms with Gasteiger partial charge in [-0.3, -0.25) is 4.79 Å². The number of nitrogens with one attached hydrogen (secondary N) is 1. The summed E-state index contributed by atoms with van der Waals surface area (Å²) in [4.78, 5) is 18.9. The molecule has 0 atom stereocenters. The van der Waals surface area contributed by atoms with Crippen molar-refractivity contribution in [1.82, 2.24) is 10.3 Å². The van der Waals surface area contributed by atoms with Gasteiger partial charge in [0, 0.05) is 31.4 Å². The normalized spacial score (nSPS) is 10.5. The summed E-state index contributed by atoms with van der Waals surface area (Å²) in [5.74, 6) is 0.427. The molecule has 0 saturated carbocycles. The van der Waals surface area contributed by atoms with Crippen LogP contribution in [-0.2, 0) is 6.42 Å². The van der Waals surface area contributed by atoms with E-state index in [4.69, 9.17) is 0 Å². The van der Waals surface area contributed by atoms with Crippen LogP contribution in [0.1, 0.15) is 42.6 Å². The second-order valence-electron chi connectivity index (χ2n) is 5.99. The van der Waals surface area contributed by atoms with E-state index in [-0.39, 0.29) is 11.7 Å². The minimum atomic E-state index is -0.238. The largest absolute Gasteiger partial charge is 0.357 e. The molecule has 5 heteroatoms. The number of amides is 1. The number of carbonyl (C=O) groups excluding carboxylic acids is 1. The van der Waals surface area contributed by atoms with Crippen molar-refractivity contribution < 1.29 is 9.18 Å². The van der Waals surface area contributed by atoms with Crippen molar-refractivity contribution in [1.29, 1.82) is 0 Å². The Morgan fingerprint density at radius 2 is 1.88 bits per heavy atom. The summed E-state index contributed by atoms with van der Waals surface area (Å²) >= 11 is 0. The van der Waals surface area contributed by atoms with E-state index < -0.39 is 0 Å². The maximum Gasteiger partial charge on any atom is 0.251 e. The fraction of sp³-hybridized carbons (Fsp3) is 0.400. The molecule has 0 fully saturated rings. The molecule has 2 rings (SSSR count). The van der Waals surface area contributed by atoms with E-state index in [1.807, 2.05) is 6.07 Å². The van der Waals surface area contributed by atoms with Gasteiger partial charge in [-0.15, -0.1) is 0 Å². The average molecular weight is 343 g/mol. The number of hydrogen-bond acceptors (Lipinski definition) is 3. The second-order valence-corrected chi connectivity index (χ2v) is 5.99. The molecule has 0 bridgehead atoms. The highest BCUT2D eigenvalue weighted by atomic mass is 19.1. The summed E-state index contributed by atoms with van der Waals surface area (Å²) in [7, 11) is 0. The molecular weight excluding hydrogens is 317 g/mol. The predicted molar refractivity (Wildman–Crippen MR) is 99.5 cm³/mol. The number of benzene rings is 1. The van der Waals surface area contributed by atoms with E-state index in [0.717, 1.165) is 31.7 Å². The Hall–Kier alpha value is -2.43. The van der Waals surface area contributed by atoms with E-state index in [1.54, 1.807) is 30.5 Å². The van der Waals surface area contributed by atoms with Gasteiger partial charge >= 0.3 is 0 Å². The molecule has 25 heavy (non-hydrogen) atoms. The van der Waals surface area contributed by atoms with Crippen LogP contribution < -0.4 is 10.2 Å². The van der Waals surface area contributed by atoms with Gasteiger partial charge in [-0.1, -0.05) is 32.0 Å². The summed E-state index contributed by atoms with van der Waals surface area (Å²) in [6.07, 6.45) is 4.19. The Morgan fingerprint density at radius 3 is 2.56 bits per heavy atom. The van der Waals surface area contributed by atoms with Crippen LogP contribution in [0, 0.1) is 5.82 Å². The lowest BCUT2D eigenvalue weighted by Gasteiger charge is -2.22. The summed E-state index contributed by atoms with van der Waals surface area (Å²) in [6.45, 7) is 6.48. The van der Waals surface area contributed by atoms with E-state index in [2.05, 4.69) is 29.0 Å². The average Bonchev–Trinajstić information content (AvgIpc) is 2.63. The van der Waals surface area contributed by atoms with Crippen LogP contribution in [-0.4, -0.2) is 30.5 Å². The van der Waals surface area contributed by atoms with Crippen molar-refractivity contribution in [2.45, 2.75) is 33.1 Å². The Labute approximate surface area is 149 Å². The van der Waals surface area contributed by atoms with Crippen molar-refractivity contribution in [3.8, 4) is 0 Å². The summed E-state index contributed by atoms with van der Waals surface area (Å²) in [5, 5.41) is 2.85. The lowest BCUT2D eigenvalue weighted by molar-refractivity contribution is 0.0954. The Morgan fingerprint density at radius 1 is 1.16 bits per heavy atom. The van der Waals surface area contributed by atoms with Crippen molar-refractivity contribution in [3.05, 3.63) is 59.5 Å². The molecule has 1 aromatic heterocycles. The Kier molecular flexibility index (Phi) is 7.38. The van der Waals surface area contributed by atoms with Gasteiger partial charge in [0.15, 0.2) is 0 Å². The maximum atomic E-state index is 13.6. The van der Waals surface area contributed by atoms with Crippen LogP contribution >= 0.6 is 0 Å². The second kappa shape index (κ2) is 9.77. The molecule has 0 saturated heterocycles. The molecule has 1 heterocycles. The first-order chi connectivity index (χ1) is 12.2. The first kappa shape index (κ1) is 18.9. The number of anilines is 1. The molecule has 1 amide bonds. The lowest BCUT2D eigenvalue weighted by atomic mass is 10.1. The molecule has 0 unspecified atom stereocenters. The lowest BCUT2D eigenvalue weighted by Crippen LogP contribution is -2.28. The van der Waals surface area contributed by atoms with Crippen LogP contribution in [0.4, 0.5) is 10.2 Å². The highest BCUT2D eigenvalue weighted by molar-refractivity contribution is 5.94. The molecule has 0 spiro atoms. The first-order valence-electron chi connectivity index (χ1n) is 8.88. The topological polar surface area (TPSA) is 45.2 Å². The van der Waals surface area contributed by atoms with Crippen molar-refractivity contribution in [3.63, 3.8) is 0 Å². The number of pyridine rings is 1. The predicted octanol–water partition coefficient (Wildman–Crippen LogP) is 3.82. The van der Waals surface area contributed by atoms with Gasteiger partial charge in [-0.2, -0.15) is 0 Å². The third-order valence-corrected chi connectivity index (χ3v) is 3.96. The molecule has 0 aliphatic heterocycles. The minimum Gasteiger partial charge on any atom is -0.357 e. The van der Waals surface area contributed by atoms with Crippen LogP contribution in [0.15, 0.2) is 42.6 Å². The quantitative estimate of drug-likeness (QED) is 0.753. The van der Waals surface area contributed by atoms with Gasteiger partial charge in [0.05, 0.1) is 0 Å². The molecule has 134 valence electrons. The standard InChI is InChI=1S/C20H26FN3O/c1-3-13-24(14-4-2)19-15-17(10-11-22-19)20(25)23-12-9-16-7-5-6-8-18(16)21/h5-8,10-11,15H,3-4,9,12-14H2,1-2H3,(H,23,25). The number of hydrogen-bond donors (Lipinski definition) is 1. The van der Waals surface area contributed by atoms with Gasteiger partial charge in [0.2, 0.25) is 0 Å². The highest BCUT2D eigenvalue weighted by Crippen LogP contribution is 2.14. The van der Waals surface area contributed by atoms with Gasteiger partial charge < -0.3 is 10.2 Å². The Bertz CT molecular complexity index is 684. The number of halogens is 1. The summed E-state index contributed by atoms with van der Waals surface area (Å²) in [5.41, 5.74) is 1.19. The minimum absolute atomic E-state index is 0.159. The molecular formula is C20H26FN3O. The fourth-order valence-corrected chi connectivity index (χ4v) is 2.73. The number of aromatic nitrogens is 1. The van der Waals surface area contributed by atoms with Gasteiger partial charge in [0.25, 0.3) is 5.91 Å². The number of nitrogens with zero attached hydrogens (tertiary/aromatic N) is 2. The van der Waals surface area contributed by atoms with Crippen LogP contribution in [0.3, 0.4) is 0 Å². The molecule has 2 aromatic rings. The zero-order valence-electron chi connectivity index (χ0n) is 15.0. The molecule has 0 radical (unpaired) electrons. The van der Waals surface area contributed by atoms with E-state index in [0.29, 0.717) is 24.1 Å². The van der Waals surface area contributed by atoms with Crippen LogP contribution in [0.5, 0.6) is 0 Å². The first-order valence-corrected chi connectivity index (χ1v) is 8.88. The van der Waals surface area contributed by atoms with Gasteiger partial charge in [-0.05, 0) is 43.0 Å². The number of rotatable bonds is 9. The summed E-state index contributed by atoms with van der Waals surface area (Å²) in [6, 6.07) is 10.2. The number of carbonyl (C=O) groups is 1. The van der Waals surface area contributed by atoms with Crippen molar-refractivity contribution in [2.75, 3.05) is 24.5 Å². The fourth-order valence-electron chi connectivity index (χ4n) is 2.73. The molecule has 0 aliphatic carbocycles. The zero-order valence-corrected chi connectivity index (χ0v) is 15.0. The zero-order chi connectivity index (χ0) is 18.1. The van der Waals surface area contributed by atoms with Gasteiger partial charge in [-0.25, -0.2) is 9.37 Å². The van der Waals surface area contributed by atoms with Crippen LogP contribution in [0.25, 0.3) is 0 Å². The molecule has 4 nitrogen and oxygen atoms in total. The van der Waals surface area contributed by atoms with E-state index in [9.17, 15) is 9.18 Å². The third kappa shape index (κ3) is 5.55. The third-order valence-electron chi connectivity index (χ3n) is 3.96. The SMILES string of the molecule is CCCN(CCC)c1cc(C(=O)NCCc2ccccc2F)ccn1. The molecule has 1 aromatic carbocycles. The van der Waals surface area contributed by atoms with Gasteiger partial charge in [0.1, 0.15) is 11.6 Å². The maximum absolute atomic E-state index is 13.6. The van der Waals surface area contributed by atoms with E-state index >= 15 is 0 Å². The summed E-state index contributed by atoms with van der Waals surface area (Å²) < 4.78 is 13.6. The molecule has 1 N–H and O–H groups in total. The Balaban J connectivity index is 1.97. The monoisotopic (exact) mass is 343 g/mol.